The summed E-state index contributed by atoms with van der Waals surface area (Å²) >= 11 is 0. The van der Waals surface area contributed by atoms with Gasteiger partial charge >= 0.3 is 5.97 Å². The predicted molar refractivity (Wildman–Crippen MR) is 135 cm³/mol. The first-order valence-electron chi connectivity index (χ1n) is 12.8. The first-order valence-corrected chi connectivity index (χ1v) is 12.8. The molecular weight excluding hydrogens is 460 g/mol. The molecule has 7 atom stereocenters. The van der Waals surface area contributed by atoms with E-state index in [1.807, 2.05) is 45.9 Å². The zero-order valence-electron chi connectivity index (χ0n) is 22.1. The molecular formula is C28H38N2O6. The number of aryl methyl sites for hydroxylation is 2. The fourth-order valence-corrected chi connectivity index (χ4v) is 6.70. The van der Waals surface area contributed by atoms with E-state index < -0.39 is 41.1 Å². The van der Waals surface area contributed by atoms with Crippen molar-refractivity contribution < 1.29 is 29.0 Å². The molecule has 1 aromatic carbocycles. The molecule has 3 aliphatic rings. The van der Waals surface area contributed by atoms with Crippen LogP contribution in [-0.2, 0) is 23.9 Å². The number of amides is 2. The third kappa shape index (κ3) is 3.60. The van der Waals surface area contributed by atoms with Crippen molar-refractivity contribution in [3.05, 3.63) is 42.0 Å². The molecule has 0 saturated carbocycles. The zero-order chi connectivity index (χ0) is 26.6. The van der Waals surface area contributed by atoms with E-state index in [2.05, 4.69) is 6.58 Å². The Hall–Kier alpha value is -2.71. The van der Waals surface area contributed by atoms with Gasteiger partial charge in [-0.2, -0.15) is 0 Å². The van der Waals surface area contributed by atoms with E-state index in [4.69, 9.17) is 9.47 Å². The number of anilines is 1. The Kier molecular flexibility index (Phi) is 6.81. The summed E-state index contributed by atoms with van der Waals surface area (Å²) in [7, 11) is 0. The van der Waals surface area contributed by atoms with Crippen LogP contribution in [0.1, 0.15) is 45.2 Å². The van der Waals surface area contributed by atoms with E-state index in [-0.39, 0.29) is 37.5 Å². The summed E-state index contributed by atoms with van der Waals surface area (Å²) in [6.45, 7) is 15.1. The minimum Gasteiger partial charge on any atom is -0.466 e. The van der Waals surface area contributed by atoms with Gasteiger partial charge in [-0.3, -0.25) is 14.4 Å². The molecule has 3 heterocycles. The zero-order valence-corrected chi connectivity index (χ0v) is 22.1. The summed E-state index contributed by atoms with van der Waals surface area (Å²) in [5.74, 6) is -2.89. The van der Waals surface area contributed by atoms with Crippen molar-refractivity contribution in [3.8, 4) is 0 Å². The second-order valence-corrected chi connectivity index (χ2v) is 10.8. The van der Waals surface area contributed by atoms with Gasteiger partial charge in [-0.25, -0.2) is 0 Å². The Morgan fingerprint density at radius 1 is 1.39 bits per heavy atom. The van der Waals surface area contributed by atoms with Gasteiger partial charge in [-0.05, 0) is 64.2 Å². The summed E-state index contributed by atoms with van der Waals surface area (Å²) in [6.07, 6.45) is 2.11. The number of nitrogens with zero attached hydrogens (tertiary/aromatic N) is 2. The van der Waals surface area contributed by atoms with Crippen LogP contribution in [0.15, 0.2) is 30.9 Å². The average Bonchev–Trinajstić information content (AvgIpc) is 3.35. The van der Waals surface area contributed by atoms with Crippen LogP contribution in [0.5, 0.6) is 0 Å². The summed E-state index contributed by atoms with van der Waals surface area (Å²) in [5.41, 5.74) is 0.524. The number of ether oxygens (including phenoxy) is 2. The fraction of sp³-hybridized carbons (Fsp3) is 0.607. The molecule has 1 aromatic rings. The van der Waals surface area contributed by atoms with Crippen LogP contribution in [0.3, 0.4) is 0 Å². The van der Waals surface area contributed by atoms with Crippen molar-refractivity contribution >= 4 is 23.5 Å². The average molecular weight is 499 g/mol. The molecule has 2 bridgehead atoms. The standard InChI is InChI=1S/C28H38N2O6/c1-8-12-29(20-13-16(3)10-11-17(20)4)25(33)23-28-14-18(5)27(7,36-28)22(26(34)35-9-2)21(28)24(32)30(23)19(6)15-31/h8,10-11,13,18-19,21-23,31H,1,9,12,14-15H2,2-7H3/t18?,19-,21+,22+,23?,27-,28?/m1/s1. The monoisotopic (exact) mass is 498 g/mol. The molecule has 0 radical (unpaired) electrons. The minimum atomic E-state index is -1.19. The van der Waals surface area contributed by atoms with E-state index in [0.717, 1.165) is 16.8 Å². The molecule has 2 amide bonds. The molecule has 0 aromatic heterocycles. The maximum absolute atomic E-state index is 14.5. The van der Waals surface area contributed by atoms with Crippen LogP contribution < -0.4 is 4.90 Å². The molecule has 3 fully saturated rings. The first-order chi connectivity index (χ1) is 17.0. The number of hydrogen-bond donors (Lipinski definition) is 1. The summed E-state index contributed by atoms with van der Waals surface area (Å²) in [4.78, 5) is 44.9. The molecule has 4 rings (SSSR count). The van der Waals surface area contributed by atoms with Crippen LogP contribution in [0.4, 0.5) is 5.69 Å². The van der Waals surface area contributed by atoms with Crippen molar-refractivity contribution in [1.82, 2.24) is 4.90 Å². The van der Waals surface area contributed by atoms with Crippen molar-refractivity contribution in [3.63, 3.8) is 0 Å². The number of carbonyl (C=O) groups is 3. The second kappa shape index (κ2) is 9.30. The number of carbonyl (C=O) groups excluding carboxylic acids is 3. The van der Waals surface area contributed by atoms with Crippen molar-refractivity contribution in [1.29, 1.82) is 0 Å². The highest BCUT2D eigenvalue weighted by Gasteiger charge is 2.80. The maximum Gasteiger partial charge on any atom is 0.312 e. The van der Waals surface area contributed by atoms with E-state index in [9.17, 15) is 19.5 Å². The number of aliphatic hydroxyl groups is 1. The first kappa shape index (κ1) is 26.4. The van der Waals surface area contributed by atoms with Gasteiger partial charge in [0.1, 0.15) is 17.6 Å². The molecule has 3 aliphatic heterocycles. The Labute approximate surface area is 213 Å². The van der Waals surface area contributed by atoms with E-state index in [0.29, 0.717) is 6.42 Å². The smallest absolute Gasteiger partial charge is 0.312 e. The minimum absolute atomic E-state index is 0.0794. The molecule has 196 valence electrons. The van der Waals surface area contributed by atoms with Crippen molar-refractivity contribution in [2.75, 3.05) is 24.7 Å². The van der Waals surface area contributed by atoms with Gasteiger partial charge in [0.25, 0.3) is 5.91 Å². The number of benzene rings is 1. The third-order valence-electron chi connectivity index (χ3n) is 8.50. The molecule has 8 heteroatoms. The Bertz CT molecular complexity index is 1090. The number of rotatable bonds is 8. The van der Waals surface area contributed by atoms with Crippen molar-refractivity contribution in [2.45, 2.75) is 71.2 Å². The lowest BCUT2D eigenvalue weighted by Gasteiger charge is -2.39. The van der Waals surface area contributed by atoms with Gasteiger partial charge in [-0.1, -0.05) is 25.1 Å². The largest absolute Gasteiger partial charge is 0.466 e. The summed E-state index contributed by atoms with van der Waals surface area (Å²) in [6, 6.07) is 4.25. The van der Waals surface area contributed by atoms with Crippen LogP contribution in [0.25, 0.3) is 0 Å². The number of hydrogen-bond acceptors (Lipinski definition) is 6. The lowest BCUT2D eigenvalue weighted by atomic mass is 9.62. The molecule has 3 unspecified atom stereocenters. The van der Waals surface area contributed by atoms with Crippen LogP contribution in [-0.4, -0.2) is 70.8 Å². The summed E-state index contributed by atoms with van der Waals surface area (Å²) < 4.78 is 12.1. The molecule has 8 nitrogen and oxygen atoms in total. The SMILES string of the molecule is C=CCN(C(=O)C1N([C@H](C)CO)C(=O)[C@@H]2[C@@H](C(=O)OCC)[C@]3(C)OC12CC3C)c1cc(C)ccc1C. The highest BCUT2D eigenvalue weighted by Crippen LogP contribution is 2.65. The van der Waals surface area contributed by atoms with Gasteiger partial charge in [0.05, 0.1) is 30.8 Å². The van der Waals surface area contributed by atoms with Gasteiger partial charge in [-0.15, -0.1) is 6.58 Å². The lowest BCUT2D eigenvalue weighted by Crippen LogP contribution is -2.58. The number of esters is 1. The van der Waals surface area contributed by atoms with E-state index >= 15 is 0 Å². The maximum atomic E-state index is 14.5. The van der Waals surface area contributed by atoms with Crippen LogP contribution in [0.2, 0.25) is 0 Å². The predicted octanol–water partition coefficient (Wildman–Crippen LogP) is 2.78. The molecule has 0 aliphatic carbocycles. The van der Waals surface area contributed by atoms with Crippen LogP contribution in [0, 0.1) is 31.6 Å². The highest BCUT2D eigenvalue weighted by molar-refractivity contribution is 6.05. The summed E-state index contributed by atoms with van der Waals surface area (Å²) in [5, 5.41) is 10.1. The van der Waals surface area contributed by atoms with Gasteiger partial charge in [0.15, 0.2) is 0 Å². The third-order valence-corrected chi connectivity index (χ3v) is 8.50. The lowest BCUT2D eigenvalue weighted by molar-refractivity contribution is -0.161. The molecule has 1 spiro atoms. The van der Waals surface area contributed by atoms with Gasteiger partial charge < -0.3 is 24.4 Å². The Morgan fingerprint density at radius 2 is 2.08 bits per heavy atom. The molecule has 1 N–H and O–H groups in total. The number of aliphatic hydroxyl groups excluding tert-OH is 1. The van der Waals surface area contributed by atoms with E-state index in [1.165, 1.54) is 4.90 Å². The topological polar surface area (TPSA) is 96.4 Å². The van der Waals surface area contributed by atoms with Gasteiger partial charge in [0.2, 0.25) is 5.91 Å². The fourth-order valence-electron chi connectivity index (χ4n) is 6.70. The highest BCUT2D eigenvalue weighted by atomic mass is 16.6. The molecule has 36 heavy (non-hydrogen) atoms. The van der Waals surface area contributed by atoms with Crippen molar-refractivity contribution in [2.24, 2.45) is 17.8 Å². The second-order valence-electron chi connectivity index (χ2n) is 10.8. The number of fused-ring (bicyclic) bond motifs is 1. The Balaban J connectivity index is 1.88. The number of likely N-dealkylation sites (tertiary alicyclic amines) is 1. The Morgan fingerprint density at radius 3 is 2.69 bits per heavy atom. The molecule has 3 saturated heterocycles. The quantitative estimate of drug-likeness (QED) is 0.437. The normalized spacial score (nSPS) is 33.4. The van der Waals surface area contributed by atoms with Gasteiger partial charge in [0, 0.05) is 12.2 Å². The van der Waals surface area contributed by atoms with E-state index in [1.54, 1.807) is 24.8 Å². The van der Waals surface area contributed by atoms with Crippen LogP contribution >= 0.6 is 0 Å².